The summed E-state index contributed by atoms with van der Waals surface area (Å²) in [5, 5.41) is 0.488. The van der Waals surface area contributed by atoms with Gasteiger partial charge >= 0.3 is 0 Å². The Labute approximate surface area is 103 Å². The topological polar surface area (TPSA) is 29.0 Å². The molecular weight excluding hydrogens is 277 g/mol. The van der Waals surface area contributed by atoms with Crippen molar-refractivity contribution in [2.45, 2.75) is 32.2 Å². The Morgan fingerprint density at radius 3 is 3.13 bits per heavy atom. The zero-order valence-corrected chi connectivity index (χ0v) is 10.9. The average molecular weight is 291 g/mol. The standard InChI is InChI=1S/C10H13BrClN3/c1-2-7-4-3-5-15(7)10-8(11)9(12)13-6-14-10/h6-7H,2-5H2,1H3. The fourth-order valence-electron chi connectivity index (χ4n) is 2.08. The smallest absolute Gasteiger partial charge is 0.148 e. The quantitative estimate of drug-likeness (QED) is 0.783. The van der Waals surface area contributed by atoms with Crippen LogP contribution in [0, 0.1) is 0 Å². The van der Waals surface area contributed by atoms with Crippen LogP contribution >= 0.6 is 27.5 Å². The molecule has 1 saturated heterocycles. The Bertz CT molecular complexity index is 359. The van der Waals surface area contributed by atoms with Crippen LogP contribution in [-0.4, -0.2) is 22.6 Å². The first-order chi connectivity index (χ1) is 7.24. The number of halogens is 2. The van der Waals surface area contributed by atoms with Gasteiger partial charge in [-0.2, -0.15) is 0 Å². The Balaban J connectivity index is 2.32. The molecule has 82 valence electrons. The molecule has 2 heterocycles. The molecule has 2 rings (SSSR count). The predicted octanol–water partition coefficient (Wildman–Crippen LogP) is 3.27. The maximum absolute atomic E-state index is 5.96. The van der Waals surface area contributed by atoms with E-state index in [1.54, 1.807) is 0 Å². The van der Waals surface area contributed by atoms with E-state index in [1.165, 1.54) is 19.2 Å². The lowest BCUT2D eigenvalue weighted by molar-refractivity contribution is 0.639. The monoisotopic (exact) mass is 289 g/mol. The number of rotatable bonds is 2. The molecule has 1 atom stereocenters. The van der Waals surface area contributed by atoms with Gasteiger partial charge in [-0.3, -0.25) is 0 Å². The summed E-state index contributed by atoms with van der Waals surface area (Å²) in [6, 6.07) is 0.590. The van der Waals surface area contributed by atoms with Crippen LogP contribution in [0.3, 0.4) is 0 Å². The molecule has 0 aliphatic carbocycles. The van der Waals surface area contributed by atoms with E-state index in [-0.39, 0.29) is 0 Å². The van der Waals surface area contributed by atoms with E-state index < -0.39 is 0 Å². The summed E-state index contributed by atoms with van der Waals surface area (Å²) in [5.74, 6) is 0.930. The van der Waals surface area contributed by atoms with Crippen LogP contribution in [0.5, 0.6) is 0 Å². The molecule has 1 aliphatic rings. The van der Waals surface area contributed by atoms with E-state index in [9.17, 15) is 0 Å². The first kappa shape index (κ1) is 11.1. The number of nitrogens with zero attached hydrogens (tertiary/aromatic N) is 3. The molecule has 3 nitrogen and oxygen atoms in total. The number of anilines is 1. The largest absolute Gasteiger partial charge is 0.353 e. The van der Waals surface area contributed by atoms with Crippen molar-refractivity contribution in [1.82, 2.24) is 9.97 Å². The van der Waals surface area contributed by atoms with Gasteiger partial charge in [0.1, 0.15) is 17.3 Å². The molecule has 0 spiro atoms. The van der Waals surface area contributed by atoms with E-state index in [4.69, 9.17) is 11.6 Å². The summed E-state index contributed by atoms with van der Waals surface area (Å²) in [4.78, 5) is 10.6. The maximum Gasteiger partial charge on any atom is 0.148 e. The minimum atomic E-state index is 0.488. The van der Waals surface area contributed by atoms with E-state index in [2.05, 4.69) is 37.7 Å². The summed E-state index contributed by atoms with van der Waals surface area (Å²) < 4.78 is 0.812. The molecule has 1 fully saturated rings. The predicted molar refractivity (Wildman–Crippen MR) is 65.4 cm³/mol. The van der Waals surface area contributed by atoms with E-state index in [0.29, 0.717) is 11.2 Å². The number of hydrogen-bond acceptors (Lipinski definition) is 3. The molecule has 0 saturated carbocycles. The third-order valence-corrected chi connectivity index (χ3v) is 4.09. The summed E-state index contributed by atoms with van der Waals surface area (Å²) in [6.07, 6.45) is 5.14. The Morgan fingerprint density at radius 1 is 1.60 bits per heavy atom. The minimum absolute atomic E-state index is 0.488. The first-order valence-electron chi connectivity index (χ1n) is 5.16. The van der Waals surface area contributed by atoms with Gasteiger partial charge in [-0.25, -0.2) is 9.97 Å². The van der Waals surface area contributed by atoms with Crippen LogP contribution in [-0.2, 0) is 0 Å². The van der Waals surface area contributed by atoms with Gasteiger partial charge < -0.3 is 4.90 Å². The molecule has 1 aromatic heterocycles. The fraction of sp³-hybridized carbons (Fsp3) is 0.600. The van der Waals surface area contributed by atoms with E-state index in [1.807, 2.05) is 0 Å². The van der Waals surface area contributed by atoms with Crippen molar-refractivity contribution < 1.29 is 0 Å². The van der Waals surface area contributed by atoms with Crippen LogP contribution in [0.4, 0.5) is 5.82 Å². The molecule has 1 unspecified atom stereocenters. The molecule has 1 aromatic rings. The van der Waals surface area contributed by atoms with E-state index >= 15 is 0 Å². The first-order valence-corrected chi connectivity index (χ1v) is 6.33. The van der Waals surface area contributed by atoms with Crippen LogP contribution in [0.2, 0.25) is 5.15 Å². The highest BCUT2D eigenvalue weighted by Gasteiger charge is 2.26. The van der Waals surface area contributed by atoms with Crippen LogP contribution in [0.1, 0.15) is 26.2 Å². The van der Waals surface area contributed by atoms with Crippen LogP contribution in [0.15, 0.2) is 10.8 Å². The second-order valence-corrected chi connectivity index (χ2v) is 4.85. The average Bonchev–Trinajstić information content (AvgIpc) is 2.70. The highest BCUT2D eigenvalue weighted by atomic mass is 79.9. The zero-order valence-electron chi connectivity index (χ0n) is 8.58. The lowest BCUT2D eigenvalue weighted by Gasteiger charge is -2.25. The summed E-state index contributed by atoms with van der Waals surface area (Å²) in [5.41, 5.74) is 0. The Hall–Kier alpha value is -0.350. The van der Waals surface area contributed by atoms with Crippen LogP contribution in [0.25, 0.3) is 0 Å². The lowest BCUT2D eigenvalue weighted by Crippen LogP contribution is -2.29. The molecule has 0 bridgehead atoms. The highest BCUT2D eigenvalue weighted by molar-refractivity contribution is 9.10. The molecule has 15 heavy (non-hydrogen) atoms. The molecule has 0 N–H and O–H groups in total. The molecule has 5 heteroatoms. The van der Waals surface area contributed by atoms with Crippen molar-refractivity contribution in [2.75, 3.05) is 11.4 Å². The van der Waals surface area contributed by atoms with Gasteiger partial charge in [0.25, 0.3) is 0 Å². The number of hydrogen-bond donors (Lipinski definition) is 0. The van der Waals surface area contributed by atoms with Crippen molar-refractivity contribution in [1.29, 1.82) is 0 Å². The summed E-state index contributed by atoms with van der Waals surface area (Å²) in [6.45, 7) is 3.27. The van der Waals surface area contributed by atoms with Gasteiger partial charge in [-0.05, 0) is 35.2 Å². The van der Waals surface area contributed by atoms with Gasteiger partial charge in [0.2, 0.25) is 0 Å². The van der Waals surface area contributed by atoms with Gasteiger partial charge in [-0.15, -0.1) is 0 Å². The number of aromatic nitrogens is 2. The third kappa shape index (κ3) is 2.11. The molecule has 0 radical (unpaired) electrons. The highest BCUT2D eigenvalue weighted by Crippen LogP contribution is 2.34. The third-order valence-electron chi connectivity index (χ3n) is 2.85. The van der Waals surface area contributed by atoms with E-state index in [0.717, 1.165) is 23.3 Å². The molecule has 0 amide bonds. The Morgan fingerprint density at radius 2 is 2.40 bits per heavy atom. The van der Waals surface area contributed by atoms with Gasteiger partial charge in [-0.1, -0.05) is 18.5 Å². The molecule has 0 aromatic carbocycles. The van der Waals surface area contributed by atoms with Crippen molar-refractivity contribution in [3.05, 3.63) is 16.0 Å². The SMILES string of the molecule is CCC1CCCN1c1ncnc(Cl)c1Br. The second kappa shape index (κ2) is 4.66. The lowest BCUT2D eigenvalue weighted by atomic mass is 10.2. The molecule has 1 aliphatic heterocycles. The Kier molecular flexibility index (Phi) is 3.46. The minimum Gasteiger partial charge on any atom is -0.353 e. The summed E-state index contributed by atoms with van der Waals surface area (Å²) in [7, 11) is 0. The van der Waals surface area contributed by atoms with Crippen molar-refractivity contribution in [3.8, 4) is 0 Å². The fourth-order valence-corrected chi connectivity index (χ4v) is 2.64. The normalized spacial score (nSPS) is 21.0. The van der Waals surface area contributed by atoms with Crippen molar-refractivity contribution in [2.24, 2.45) is 0 Å². The molecular formula is C10H13BrClN3. The van der Waals surface area contributed by atoms with Gasteiger partial charge in [0.05, 0.1) is 4.47 Å². The second-order valence-electron chi connectivity index (χ2n) is 3.70. The zero-order chi connectivity index (χ0) is 10.8. The van der Waals surface area contributed by atoms with Gasteiger partial charge in [0, 0.05) is 12.6 Å². The van der Waals surface area contributed by atoms with Crippen molar-refractivity contribution >= 4 is 33.3 Å². The summed E-state index contributed by atoms with van der Waals surface area (Å²) >= 11 is 9.41. The van der Waals surface area contributed by atoms with Crippen LogP contribution < -0.4 is 4.90 Å². The van der Waals surface area contributed by atoms with Gasteiger partial charge in [0.15, 0.2) is 0 Å². The van der Waals surface area contributed by atoms with Crippen molar-refractivity contribution in [3.63, 3.8) is 0 Å². The maximum atomic E-state index is 5.96.